The molecule has 1 saturated carbocycles. The third-order valence-corrected chi connectivity index (χ3v) is 5.01. The van der Waals surface area contributed by atoms with Crippen molar-refractivity contribution in [3.8, 4) is 0 Å². The Balaban J connectivity index is 1.63. The van der Waals surface area contributed by atoms with E-state index >= 15 is 0 Å². The molecule has 1 heterocycles. The van der Waals surface area contributed by atoms with Crippen LogP contribution >= 0.6 is 0 Å². The fourth-order valence-electron chi connectivity index (χ4n) is 3.67. The second kappa shape index (κ2) is 8.98. The number of hydrogen-bond acceptors (Lipinski definition) is 4. The lowest BCUT2D eigenvalue weighted by atomic mass is 9.88. The van der Waals surface area contributed by atoms with Crippen LogP contribution in [0, 0.1) is 5.92 Å². The monoisotopic (exact) mass is 284 g/mol. The summed E-state index contributed by atoms with van der Waals surface area (Å²) in [5, 5.41) is 3.50. The van der Waals surface area contributed by atoms with Crippen molar-refractivity contribution >= 4 is 0 Å². The van der Waals surface area contributed by atoms with Crippen molar-refractivity contribution in [2.24, 2.45) is 5.92 Å². The molecule has 0 radical (unpaired) electrons. The number of nitrogens with zero attached hydrogens (tertiary/aromatic N) is 1. The maximum Gasteiger partial charge on any atom is 0.0587 e. The third kappa shape index (κ3) is 4.99. The number of methoxy groups -OCH3 is 2. The van der Waals surface area contributed by atoms with Gasteiger partial charge in [0.05, 0.1) is 12.7 Å². The van der Waals surface area contributed by atoms with Gasteiger partial charge in [-0.05, 0) is 64.1 Å². The number of rotatable bonds is 7. The lowest BCUT2D eigenvalue weighted by Gasteiger charge is -2.41. The molecule has 0 bridgehead atoms. The van der Waals surface area contributed by atoms with Crippen molar-refractivity contribution in [1.82, 2.24) is 10.2 Å². The summed E-state index contributed by atoms with van der Waals surface area (Å²) in [7, 11) is 3.63. The van der Waals surface area contributed by atoms with Gasteiger partial charge in [0.1, 0.15) is 0 Å². The summed E-state index contributed by atoms with van der Waals surface area (Å²) in [6.07, 6.45) is 8.39. The Morgan fingerprint density at radius 2 is 1.90 bits per heavy atom. The zero-order valence-electron chi connectivity index (χ0n) is 13.3. The van der Waals surface area contributed by atoms with E-state index in [9.17, 15) is 0 Å². The molecule has 2 aliphatic rings. The van der Waals surface area contributed by atoms with Gasteiger partial charge in [0.15, 0.2) is 0 Å². The Kier molecular flexibility index (Phi) is 7.28. The average Bonchev–Trinajstić information content (AvgIpc) is 2.52. The maximum absolute atomic E-state index is 5.56. The number of ether oxygens (including phenoxy) is 2. The Hall–Kier alpha value is -0.160. The van der Waals surface area contributed by atoms with Gasteiger partial charge in [0.25, 0.3) is 0 Å². The zero-order valence-corrected chi connectivity index (χ0v) is 13.3. The normalized spacial score (nSPS) is 29.7. The van der Waals surface area contributed by atoms with E-state index in [4.69, 9.17) is 9.47 Å². The first-order valence-corrected chi connectivity index (χ1v) is 8.30. The van der Waals surface area contributed by atoms with Gasteiger partial charge < -0.3 is 19.7 Å². The van der Waals surface area contributed by atoms with Crippen LogP contribution in [0.15, 0.2) is 0 Å². The maximum atomic E-state index is 5.56. The molecule has 0 spiro atoms. The van der Waals surface area contributed by atoms with E-state index in [1.807, 2.05) is 7.11 Å². The van der Waals surface area contributed by atoms with Gasteiger partial charge >= 0.3 is 0 Å². The van der Waals surface area contributed by atoms with Gasteiger partial charge in [-0.15, -0.1) is 0 Å². The van der Waals surface area contributed by atoms with Crippen LogP contribution in [-0.2, 0) is 9.47 Å². The van der Waals surface area contributed by atoms with Crippen LogP contribution in [0.2, 0.25) is 0 Å². The van der Waals surface area contributed by atoms with E-state index in [0.717, 1.165) is 31.7 Å². The molecule has 2 atom stereocenters. The topological polar surface area (TPSA) is 33.7 Å². The molecule has 1 aliphatic heterocycles. The van der Waals surface area contributed by atoms with E-state index in [-0.39, 0.29) is 0 Å². The summed E-state index contributed by atoms with van der Waals surface area (Å²) in [4.78, 5) is 2.72. The van der Waals surface area contributed by atoms with Crippen LogP contribution in [-0.4, -0.2) is 64.1 Å². The van der Waals surface area contributed by atoms with E-state index in [1.165, 1.54) is 51.6 Å². The summed E-state index contributed by atoms with van der Waals surface area (Å²) in [6, 6.07) is 0.774. The van der Waals surface area contributed by atoms with Crippen molar-refractivity contribution in [3.63, 3.8) is 0 Å². The number of hydrogen-bond donors (Lipinski definition) is 1. The molecule has 1 aliphatic carbocycles. The Labute approximate surface area is 124 Å². The first-order chi connectivity index (χ1) is 9.83. The molecule has 20 heavy (non-hydrogen) atoms. The Morgan fingerprint density at radius 1 is 1.10 bits per heavy atom. The van der Waals surface area contributed by atoms with Crippen molar-refractivity contribution in [3.05, 3.63) is 0 Å². The Morgan fingerprint density at radius 3 is 2.60 bits per heavy atom. The summed E-state index contributed by atoms with van der Waals surface area (Å²) in [5.41, 5.74) is 0. The van der Waals surface area contributed by atoms with Crippen LogP contribution in [0.25, 0.3) is 0 Å². The van der Waals surface area contributed by atoms with Crippen LogP contribution in [0.5, 0.6) is 0 Å². The minimum Gasteiger partial charge on any atom is -0.383 e. The molecule has 0 aromatic rings. The highest BCUT2D eigenvalue weighted by Gasteiger charge is 2.29. The summed E-state index contributed by atoms with van der Waals surface area (Å²) >= 11 is 0. The van der Waals surface area contributed by atoms with Gasteiger partial charge in [-0.1, -0.05) is 0 Å². The van der Waals surface area contributed by atoms with Crippen molar-refractivity contribution < 1.29 is 9.47 Å². The molecule has 2 fully saturated rings. The van der Waals surface area contributed by atoms with Crippen molar-refractivity contribution in [2.75, 3.05) is 47.0 Å². The molecule has 2 unspecified atom stereocenters. The van der Waals surface area contributed by atoms with Gasteiger partial charge in [-0.2, -0.15) is 0 Å². The number of piperidine rings is 1. The summed E-state index contributed by atoms with van der Waals surface area (Å²) in [6.45, 7) is 5.51. The molecule has 4 heteroatoms. The lowest BCUT2D eigenvalue weighted by Crippen LogP contribution is -2.46. The molecular weight excluding hydrogens is 252 g/mol. The minimum atomic E-state index is 0.502. The van der Waals surface area contributed by atoms with E-state index in [2.05, 4.69) is 10.2 Å². The Bertz CT molecular complexity index is 255. The molecular formula is C16H32N2O2. The zero-order chi connectivity index (χ0) is 14.2. The van der Waals surface area contributed by atoms with Crippen LogP contribution < -0.4 is 5.32 Å². The molecule has 4 nitrogen and oxygen atoms in total. The average molecular weight is 284 g/mol. The second-order valence-electron chi connectivity index (χ2n) is 6.35. The molecule has 118 valence electrons. The summed E-state index contributed by atoms with van der Waals surface area (Å²) < 4.78 is 10.6. The quantitative estimate of drug-likeness (QED) is 0.724. The molecule has 1 saturated heterocycles. The highest BCUT2D eigenvalue weighted by molar-refractivity contribution is 4.84. The first-order valence-electron chi connectivity index (χ1n) is 8.30. The SMILES string of the molecule is COCCNCC1CCN(C2CCCC(OC)C2)CC1. The van der Waals surface area contributed by atoms with Gasteiger partial charge in [0, 0.05) is 26.8 Å². The van der Waals surface area contributed by atoms with Gasteiger partial charge in [-0.25, -0.2) is 0 Å². The standard InChI is InChI=1S/C16H32N2O2/c1-19-11-8-17-13-14-6-9-18(10-7-14)15-4-3-5-16(12-15)20-2/h14-17H,3-13H2,1-2H3. The third-order valence-electron chi connectivity index (χ3n) is 5.01. The smallest absolute Gasteiger partial charge is 0.0587 e. The number of nitrogens with one attached hydrogen (secondary N) is 1. The molecule has 0 aromatic carbocycles. The fourth-order valence-corrected chi connectivity index (χ4v) is 3.67. The predicted molar refractivity (Wildman–Crippen MR) is 82.1 cm³/mol. The van der Waals surface area contributed by atoms with Crippen LogP contribution in [0.3, 0.4) is 0 Å². The predicted octanol–water partition coefficient (Wildman–Crippen LogP) is 1.89. The fraction of sp³-hybridized carbons (Fsp3) is 1.00. The van der Waals surface area contributed by atoms with E-state index < -0.39 is 0 Å². The second-order valence-corrected chi connectivity index (χ2v) is 6.35. The first kappa shape index (κ1) is 16.2. The molecule has 2 rings (SSSR count). The van der Waals surface area contributed by atoms with E-state index in [1.54, 1.807) is 7.11 Å². The van der Waals surface area contributed by atoms with Crippen LogP contribution in [0.1, 0.15) is 38.5 Å². The largest absolute Gasteiger partial charge is 0.383 e. The van der Waals surface area contributed by atoms with Crippen LogP contribution in [0.4, 0.5) is 0 Å². The van der Waals surface area contributed by atoms with Gasteiger partial charge in [-0.3, -0.25) is 0 Å². The highest BCUT2D eigenvalue weighted by Crippen LogP contribution is 2.28. The van der Waals surface area contributed by atoms with Crippen molar-refractivity contribution in [2.45, 2.75) is 50.7 Å². The van der Waals surface area contributed by atoms with E-state index in [0.29, 0.717) is 6.10 Å². The molecule has 1 N–H and O–H groups in total. The highest BCUT2D eigenvalue weighted by atomic mass is 16.5. The molecule has 0 amide bonds. The number of likely N-dealkylation sites (tertiary alicyclic amines) is 1. The van der Waals surface area contributed by atoms with Crippen molar-refractivity contribution in [1.29, 1.82) is 0 Å². The minimum absolute atomic E-state index is 0.502. The van der Waals surface area contributed by atoms with Gasteiger partial charge in [0.2, 0.25) is 0 Å². The molecule has 0 aromatic heterocycles. The summed E-state index contributed by atoms with van der Waals surface area (Å²) in [5.74, 6) is 0.852. The lowest BCUT2D eigenvalue weighted by molar-refractivity contribution is 0.0177.